The van der Waals surface area contributed by atoms with E-state index in [1.54, 1.807) is 0 Å². The van der Waals surface area contributed by atoms with Gasteiger partial charge in [-0.3, -0.25) is 4.98 Å². The summed E-state index contributed by atoms with van der Waals surface area (Å²) >= 11 is 0. The molecule has 1 aliphatic heterocycles. The molecule has 0 N–H and O–H groups in total. The van der Waals surface area contributed by atoms with E-state index in [-0.39, 0.29) is 5.56 Å². The summed E-state index contributed by atoms with van der Waals surface area (Å²) in [6.07, 6.45) is -9.22. The lowest BCUT2D eigenvalue weighted by molar-refractivity contribution is -0.293. The van der Waals surface area contributed by atoms with Crippen molar-refractivity contribution >= 4 is 11.9 Å². The maximum atomic E-state index is 13.2. The third kappa shape index (κ3) is 2.94. The minimum Gasteiger partial charge on any atom is -0.406 e. The number of rotatable bonds is 1. The number of alkyl halides is 6. The van der Waals surface area contributed by atoms with Crippen LogP contribution in [0.4, 0.5) is 26.3 Å². The highest BCUT2D eigenvalue weighted by Crippen LogP contribution is 2.48. The Morgan fingerprint density at radius 2 is 1.48 bits per heavy atom. The number of hydrogen-bond donors (Lipinski definition) is 0. The van der Waals surface area contributed by atoms with Crippen LogP contribution >= 0.6 is 0 Å². The molecular formula is C12H10F6N4O. The number of aliphatic imine (C=N–C) groups is 2. The standard InChI is InChI=1S/C12H10F6N4O/c1-22(2)9-21-10(11(13,14)15,12(16,17)18)20-8(23-9)7-3-5-19-6-4-7/h3-6H,1-2H3. The van der Waals surface area contributed by atoms with Crippen LogP contribution in [-0.4, -0.2) is 53.9 Å². The SMILES string of the molecule is CN(C)C1=NC(C(F)(F)F)(C(F)(F)F)N=C(c2ccncc2)O1. The number of amidine groups is 1. The van der Waals surface area contributed by atoms with E-state index in [1.165, 1.54) is 38.6 Å². The van der Waals surface area contributed by atoms with Gasteiger partial charge in [-0.1, -0.05) is 0 Å². The molecule has 0 unspecified atom stereocenters. The van der Waals surface area contributed by atoms with Gasteiger partial charge in [0.15, 0.2) is 0 Å². The Hall–Kier alpha value is -2.33. The van der Waals surface area contributed by atoms with Crippen LogP contribution in [0.3, 0.4) is 0 Å². The van der Waals surface area contributed by atoms with Crippen molar-refractivity contribution in [2.75, 3.05) is 14.1 Å². The van der Waals surface area contributed by atoms with E-state index >= 15 is 0 Å². The Bertz CT molecular complexity index is 621. The highest BCUT2D eigenvalue weighted by Gasteiger charge is 2.74. The molecule has 0 fully saturated rings. The highest BCUT2D eigenvalue weighted by atomic mass is 19.4. The maximum absolute atomic E-state index is 13.2. The molecule has 0 atom stereocenters. The van der Waals surface area contributed by atoms with Crippen molar-refractivity contribution in [3.63, 3.8) is 0 Å². The van der Waals surface area contributed by atoms with E-state index in [1.807, 2.05) is 0 Å². The van der Waals surface area contributed by atoms with Gasteiger partial charge in [0.2, 0.25) is 5.90 Å². The summed E-state index contributed by atoms with van der Waals surface area (Å²) in [4.78, 5) is 9.98. The molecule has 0 bridgehead atoms. The predicted molar refractivity (Wildman–Crippen MR) is 67.8 cm³/mol. The Morgan fingerprint density at radius 1 is 0.957 bits per heavy atom. The monoisotopic (exact) mass is 340 g/mol. The number of ether oxygens (including phenoxy) is 1. The Morgan fingerprint density at radius 3 is 1.91 bits per heavy atom. The van der Waals surface area contributed by atoms with Crippen LogP contribution in [-0.2, 0) is 4.74 Å². The molecule has 0 saturated carbocycles. The first kappa shape index (κ1) is 17.0. The second-order valence-corrected chi connectivity index (χ2v) is 4.71. The fourth-order valence-electron chi connectivity index (χ4n) is 1.67. The van der Waals surface area contributed by atoms with Crippen molar-refractivity contribution in [3.05, 3.63) is 30.1 Å². The van der Waals surface area contributed by atoms with Crippen molar-refractivity contribution in [3.8, 4) is 0 Å². The van der Waals surface area contributed by atoms with Crippen LogP contribution in [0.5, 0.6) is 0 Å². The zero-order chi connectivity index (χ0) is 17.5. The summed E-state index contributed by atoms with van der Waals surface area (Å²) in [6.45, 7) is 0. The van der Waals surface area contributed by atoms with Gasteiger partial charge >= 0.3 is 18.0 Å². The van der Waals surface area contributed by atoms with E-state index in [9.17, 15) is 26.3 Å². The highest BCUT2D eigenvalue weighted by molar-refractivity contribution is 6.02. The van der Waals surface area contributed by atoms with Crippen LogP contribution in [0.2, 0.25) is 0 Å². The molecule has 0 radical (unpaired) electrons. The summed E-state index contributed by atoms with van der Waals surface area (Å²) in [7, 11) is 2.40. The minimum atomic E-state index is -5.80. The number of nitrogens with zero attached hydrogens (tertiary/aromatic N) is 4. The van der Waals surface area contributed by atoms with Crippen LogP contribution in [0.1, 0.15) is 5.56 Å². The fraction of sp³-hybridized carbons (Fsp3) is 0.417. The fourth-order valence-corrected chi connectivity index (χ4v) is 1.67. The molecule has 126 valence electrons. The summed E-state index contributed by atoms with van der Waals surface area (Å²) in [5, 5.41) is 0. The Labute approximate surface area is 126 Å². The lowest BCUT2D eigenvalue weighted by Crippen LogP contribution is -2.57. The molecule has 5 nitrogen and oxygen atoms in total. The van der Waals surface area contributed by atoms with Crippen molar-refractivity contribution in [2.24, 2.45) is 9.98 Å². The first-order valence-electron chi connectivity index (χ1n) is 6.07. The summed E-state index contributed by atoms with van der Waals surface area (Å²) in [6, 6.07) is 1.49. The quantitative estimate of drug-likeness (QED) is 0.739. The summed E-state index contributed by atoms with van der Waals surface area (Å²) < 4.78 is 84.2. The van der Waals surface area contributed by atoms with Crippen LogP contribution < -0.4 is 0 Å². The van der Waals surface area contributed by atoms with Gasteiger partial charge in [-0.2, -0.15) is 31.3 Å². The van der Waals surface area contributed by atoms with E-state index < -0.39 is 29.9 Å². The second-order valence-electron chi connectivity index (χ2n) is 4.71. The maximum Gasteiger partial charge on any atom is 0.443 e. The van der Waals surface area contributed by atoms with E-state index in [2.05, 4.69) is 15.0 Å². The second kappa shape index (κ2) is 5.39. The van der Waals surface area contributed by atoms with Crippen LogP contribution in [0.25, 0.3) is 0 Å². The molecular weight excluding hydrogens is 330 g/mol. The molecule has 1 aromatic rings. The molecule has 2 rings (SSSR count). The molecule has 0 spiro atoms. The van der Waals surface area contributed by atoms with Crippen LogP contribution in [0, 0.1) is 0 Å². The average molecular weight is 340 g/mol. The van der Waals surface area contributed by atoms with Gasteiger partial charge in [-0.25, -0.2) is 4.99 Å². The molecule has 0 saturated heterocycles. The van der Waals surface area contributed by atoms with Gasteiger partial charge in [0.25, 0.3) is 6.02 Å². The number of aromatic nitrogens is 1. The van der Waals surface area contributed by atoms with E-state index in [0.717, 1.165) is 4.90 Å². The number of hydrogen-bond acceptors (Lipinski definition) is 5. The van der Waals surface area contributed by atoms with Crippen molar-refractivity contribution in [1.82, 2.24) is 9.88 Å². The molecule has 23 heavy (non-hydrogen) atoms. The van der Waals surface area contributed by atoms with E-state index in [0.29, 0.717) is 0 Å². The normalized spacial score (nSPS) is 17.9. The lowest BCUT2D eigenvalue weighted by atomic mass is 10.1. The van der Waals surface area contributed by atoms with Gasteiger partial charge in [-0.15, -0.1) is 0 Å². The predicted octanol–water partition coefficient (Wildman–Crippen LogP) is 2.60. The van der Waals surface area contributed by atoms with Crippen molar-refractivity contribution < 1.29 is 31.1 Å². The lowest BCUT2D eigenvalue weighted by Gasteiger charge is -2.34. The van der Waals surface area contributed by atoms with Gasteiger partial charge in [0.1, 0.15) is 0 Å². The Balaban J connectivity index is 2.70. The summed E-state index contributed by atoms with van der Waals surface area (Å²) in [5.41, 5.74) is -4.72. The van der Waals surface area contributed by atoms with Gasteiger partial charge in [0, 0.05) is 32.1 Å². The topological polar surface area (TPSA) is 50.1 Å². The van der Waals surface area contributed by atoms with Gasteiger partial charge in [0.05, 0.1) is 0 Å². The molecule has 1 aromatic heterocycles. The molecule has 11 heteroatoms. The molecule has 2 heterocycles. The third-order valence-electron chi connectivity index (χ3n) is 2.81. The zero-order valence-electron chi connectivity index (χ0n) is 11.8. The smallest absolute Gasteiger partial charge is 0.406 e. The number of pyridine rings is 1. The zero-order valence-corrected chi connectivity index (χ0v) is 11.8. The number of halogens is 6. The summed E-state index contributed by atoms with van der Waals surface area (Å²) in [5.74, 6) is -0.847. The molecule has 0 amide bonds. The first-order chi connectivity index (χ1) is 10.5. The van der Waals surface area contributed by atoms with Gasteiger partial charge < -0.3 is 9.64 Å². The van der Waals surface area contributed by atoms with Crippen LogP contribution in [0.15, 0.2) is 34.5 Å². The largest absolute Gasteiger partial charge is 0.443 e. The molecule has 0 aliphatic carbocycles. The molecule has 0 aromatic carbocycles. The van der Waals surface area contributed by atoms with Crippen molar-refractivity contribution in [1.29, 1.82) is 0 Å². The average Bonchev–Trinajstić information content (AvgIpc) is 2.45. The first-order valence-corrected chi connectivity index (χ1v) is 6.07. The van der Waals surface area contributed by atoms with Gasteiger partial charge in [-0.05, 0) is 12.1 Å². The Kier molecular flexibility index (Phi) is 3.99. The van der Waals surface area contributed by atoms with E-state index in [4.69, 9.17) is 4.74 Å². The van der Waals surface area contributed by atoms with Crippen molar-refractivity contribution in [2.45, 2.75) is 18.0 Å². The molecule has 1 aliphatic rings. The third-order valence-corrected chi connectivity index (χ3v) is 2.81. The minimum absolute atomic E-state index is 0.0906.